The third kappa shape index (κ3) is 4.30. The topological polar surface area (TPSA) is 96.5 Å². The zero-order chi connectivity index (χ0) is 25.5. The van der Waals surface area contributed by atoms with Crippen molar-refractivity contribution >= 4 is 44.8 Å². The van der Waals surface area contributed by atoms with E-state index in [1.54, 1.807) is 16.2 Å². The fourth-order valence-electron chi connectivity index (χ4n) is 5.27. The van der Waals surface area contributed by atoms with E-state index >= 15 is 0 Å². The number of H-pyrrole nitrogens is 1. The first kappa shape index (κ1) is 23.3. The quantitative estimate of drug-likeness (QED) is 0.340. The Morgan fingerprint density at radius 2 is 1.89 bits per heavy atom. The first-order valence-electron chi connectivity index (χ1n) is 12.7. The molecule has 3 aromatic heterocycles. The first-order chi connectivity index (χ1) is 18.7. The second-order valence-electron chi connectivity index (χ2n) is 9.60. The van der Waals surface area contributed by atoms with Gasteiger partial charge in [-0.15, -0.1) is 11.3 Å². The number of nitrogens with zero attached hydrogens (tertiary/aromatic N) is 5. The van der Waals surface area contributed by atoms with Crippen molar-refractivity contribution in [1.29, 1.82) is 0 Å². The highest BCUT2D eigenvalue weighted by molar-refractivity contribution is 7.22. The van der Waals surface area contributed by atoms with Crippen molar-refractivity contribution in [2.45, 2.75) is 12.2 Å². The highest BCUT2D eigenvalue weighted by atomic mass is 32.1. The van der Waals surface area contributed by atoms with Crippen LogP contribution in [0.4, 0.5) is 5.95 Å². The molecule has 2 aromatic carbocycles. The van der Waals surface area contributed by atoms with Gasteiger partial charge >= 0.3 is 0 Å². The van der Waals surface area contributed by atoms with Crippen LogP contribution in [0.15, 0.2) is 60.9 Å². The van der Waals surface area contributed by atoms with Crippen LogP contribution in [0.5, 0.6) is 0 Å². The largest absolute Gasteiger partial charge is 0.370 e. The van der Waals surface area contributed by atoms with Crippen LogP contribution in [-0.2, 0) is 14.3 Å². The standard InChI is InChI=1S/C28H26N6O3S/c35-17-33-7-9-36-24(15-33)18-3-1-4-19(11-18)26-12-23-27(38-26)14-29-28(31-23)34-8-10-37-25(16-34)20-5-2-6-22-21(20)13-30-32-22/h1-6,11-14,17,24-25H,7-10,15-16H2,(H,30,32). The van der Waals surface area contributed by atoms with Crippen molar-refractivity contribution in [3.8, 4) is 10.4 Å². The molecule has 0 bridgehead atoms. The van der Waals surface area contributed by atoms with Crippen LogP contribution < -0.4 is 4.90 Å². The minimum absolute atomic E-state index is 0.0812. The zero-order valence-electron chi connectivity index (χ0n) is 20.6. The Balaban J connectivity index is 1.14. The summed E-state index contributed by atoms with van der Waals surface area (Å²) in [6.45, 7) is 3.78. The molecule has 2 fully saturated rings. The highest BCUT2D eigenvalue weighted by Gasteiger charge is 2.26. The maximum Gasteiger partial charge on any atom is 0.226 e. The van der Waals surface area contributed by atoms with Crippen LogP contribution in [0.25, 0.3) is 31.6 Å². The van der Waals surface area contributed by atoms with Crippen LogP contribution in [0.1, 0.15) is 23.3 Å². The summed E-state index contributed by atoms with van der Waals surface area (Å²) in [5.74, 6) is 0.716. The molecule has 0 saturated carbocycles. The predicted octanol–water partition coefficient (Wildman–Crippen LogP) is 4.34. The summed E-state index contributed by atoms with van der Waals surface area (Å²) in [4.78, 5) is 26.0. The van der Waals surface area contributed by atoms with Gasteiger partial charge in [-0.1, -0.05) is 30.3 Å². The molecule has 192 valence electrons. The Hall–Kier alpha value is -3.86. The number of anilines is 1. The van der Waals surface area contributed by atoms with Gasteiger partial charge in [0, 0.05) is 23.4 Å². The van der Waals surface area contributed by atoms with E-state index in [2.05, 4.69) is 45.4 Å². The van der Waals surface area contributed by atoms with Gasteiger partial charge in [0.1, 0.15) is 12.2 Å². The Morgan fingerprint density at radius 1 is 1.00 bits per heavy atom. The molecule has 7 rings (SSSR count). The Morgan fingerprint density at radius 3 is 2.84 bits per heavy atom. The third-order valence-corrected chi connectivity index (χ3v) is 8.37. The average molecular weight is 527 g/mol. The highest BCUT2D eigenvalue weighted by Crippen LogP contribution is 2.36. The SMILES string of the molecule is O=CN1CCOC(c2cccc(-c3cc4nc(N5CCOC(c6cccc7[nH]ncc67)C5)ncc4s3)c2)C1. The molecule has 1 amide bonds. The Kier molecular flexibility index (Phi) is 5.99. The molecule has 2 aliphatic rings. The van der Waals surface area contributed by atoms with Crippen LogP contribution in [0, 0.1) is 0 Å². The van der Waals surface area contributed by atoms with Gasteiger partial charge in [0.15, 0.2) is 0 Å². The van der Waals surface area contributed by atoms with Crippen molar-refractivity contribution in [2.75, 3.05) is 44.3 Å². The van der Waals surface area contributed by atoms with Gasteiger partial charge < -0.3 is 19.3 Å². The molecular weight excluding hydrogens is 500 g/mol. The number of rotatable bonds is 5. The number of hydrogen-bond acceptors (Lipinski definition) is 8. The van der Waals surface area contributed by atoms with Crippen LogP contribution in [-0.4, -0.2) is 70.9 Å². The third-order valence-electron chi connectivity index (χ3n) is 7.26. The fourth-order valence-corrected chi connectivity index (χ4v) is 6.24. The lowest BCUT2D eigenvalue weighted by Crippen LogP contribution is -2.39. The molecule has 5 heterocycles. The summed E-state index contributed by atoms with van der Waals surface area (Å²) in [6, 6.07) is 16.7. The van der Waals surface area contributed by atoms with E-state index < -0.39 is 0 Å². The second kappa shape index (κ2) is 9.79. The maximum absolute atomic E-state index is 11.2. The molecular formula is C28H26N6O3S. The van der Waals surface area contributed by atoms with E-state index in [9.17, 15) is 4.79 Å². The summed E-state index contributed by atoms with van der Waals surface area (Å²) < 4.78 is 13.1. The molecule has 10 heteroatoms. The van der Waals surface area contributed by atoms with E-state index in [0.717, 1.165) is 55.6 Å². The number of hydrogen-bond donors (Lipinski definition) is 1. The molecule has 9 nitrogen and oxygen atoms in total. The summed E-state index contributed by atoms with van der Waals surface area (Å²) in [5.41, 5.74) is 5.25. The van der Waals surface area contributed by atoms with Gasteiger partial charge in [-0.05, 0) is 34.9 Å². The molecule has 1 N–H and O–H groups in total. The van der Waals surface area contributed by atoms with Gasteiger partial charge in [-0.25, -0.2) is 9.97 Å². The van der Waals surface area contributed by atoms with Gasteiger partial charge in [-0.2, -0.15) is 5.10 Å². The maximum atomic E-state index is 11.2. The van der Waals surface area contributed by atoms with E-state index in [-0.39, 0.29) is 12.2 Å². The van der Waals surface area contributed by atoms with Crippen LogP contribution >= 0.6 is 11.3 Å². The lowest BCUT2D eigenvalue weighted by molar-refractivity contribution is -0.125. The lowest BCUT2D eigenvalue weighted by Gasteiger charge is -2.33. The van der Waals surface area contributed by atoms with E-state index in [4.69, 9.17) is 19.4 Å². The first-order valence-corrected chi connectivity index (χ1v) is 13.5. The number of thiophene rings is 1. The minimum Gasteiger partial charge on any atom is -0.370 e. The van der Waals surface area contributed by atoms with Crippen molar-refractivity contribution in [3.63, 3.8) is 0 Å². The minimum atomic E-state index is -0.114. The molecule has 2 aliphatic heterocycles. The zero-order valence-corrected chi connectivity index (χ0v) is 21.4. The van der Waals surface area contributed by atoms with Crippen molar-refractivity contribution < 1.29 is 14.3 Å². The number of morpholine rings is 2. The molecule has 38 heavy (non-hydrogen) atoms. The molecule has 2 unspecified atom stereocenters. The molecule has 0 spiro atoms. The van der Waals surface area contributed by atoms with Crippen molar-refractivity contribution in [1.82, 2.24) is 25.1 Å². The number of nitrogens with one attached hydrogen (secondary N) is 1. The lowest BCUT2D eigenvalue weighted by atomic mass is 10.0. The van der Waals surface area contributed by atoms with Crippen molar-refractivity contribution in [2.24, 2.45) is 0 Å². The van der Waals surface area contributed by atoms with E-state index in [1.165, 1.54) is 0 Å². The number of carbonyl (C=O) groups excluding carboxylic acids is 1. The number of amides is 1. The van der Waals surface area contributed by atoms with E-state index in [1.807, 2.05) is 30.6 Å². The summed E-state index contributed by atoms with van der Waals surface area (Å²) in [7, 11) is 0. The van der Waals surface area contributed by atoms with Gasteiger partial charge in [0.2, 0.25) is 12.4 Å². The number of fused-ring (bicyclic) bond motifs is 2. The number of ether oxygens (including phenoxy) is 2. The molecule has 2 atom stereocenters. The fraction of sp³-hybridized carbons (Fsp3) is 0.286. The molecule has 0 radical (unpaired) electrons. The number of benzene rings is 2. The van der Waals surface area contributed by atoms with Gasteiger partial charge in [-0.3, -0.25) is 9.89 Å². The second-order valence-corrected chi connectivity index (χ2v) is 10.7. The normalized spacial score (nSPS) is 20.3. The van der Waals surface area contributed by atoms with Gasteiger partial charge in [0.25, 0.3) is 0 Å². The number of aromatic nitrogens is 4. The number of carbonyl (C=O) groups is 1. The molecule has 5 aromatic rings. The summed E-state index contributed by atoms with van der Waals surface area (Å²) >= 11 is 1.68. The van der Waals surface area contributed by atoms with Crippen molar-refractivity contribution in [3.05, 3.63) is 72.1 Å². The monoisotopic (exact) mass is 526 g/mol. The Labute approximate surface area is 223 Å². The predicted molar refractivity (Wildman–Crippen MR) is 146 cm³/mol. The smallest absolute Gasteiger partial charge is 0.226 e. The summed E-state index contributed by atoms with van der Waals surface area (Å²) in [6.07, 6.45) is 4.48. The summed E-state index contributed by atoms with van der Waals surface area (Å²) in [5, 5.41) is 8.31. The Bertz CT molecular complexity index is 1620. The van der Waals surface area contributed by atoms with Gasteiger partial charge in [0.05, 0.1) is 54.4 Å². The number of aromatic amines is 1. The molecule has 0 aliphatic carbocycles. The van der Waals surface area contributed by atoms with Crippen LogP contribution in [0.2, 0.25) is 0 Å². The molecule has 2 saturated heterocycles. The average Bonchev–Trinajstić information content (AvgIpc) is 3.64. The van der Waals surface area contributed by atoms with Crippen LogP contribution in [0.3, 0.4) is 0 Å². The van der Waals surface area contributed by atoms with E-state index in [0.29, 0.717) is 38.8 Å².